The fourth-order valence-electron chi connectivity index (χ4n) is 1.40. The Bertz CT molecular complexity index is 540. The first-order valence-electron chi connectivity index (χ1n) is 4.04. The Hall–Kier alpha value is 0.360. The van der Waals surface area contributed by atoms with Crippen molar-refractivity contribution in [2.75, 3.05) is 0 Å². The SMILES string of the molecule is C=Cc1nn(PI)c2c(Cl)cc(Br)cc12. The van der Waals surface area contributed by atoms with Gasteiger partial charge in [-0.25, -0.2) is 4.45 Å². The van der Waals surface area contributed by atoms with Gasteiger partial charge in [0, 0.05) is 9.86 Å². The van der Waals surface area contributed by atoms with E-state index in [4.69, 9.17) is 11.6 Å². The second kappa shape index (κ2) is 4.70. The number of aromatic nitrogens is 2. The molecule has 0 aliphatic carbocycles. The molecule has 0 spiro atoms. The molecule has 0 saturated heterocycles. The summed E-state index contributed by atoms with van der Waals surface area (Å²) in [6, 6.07) is 3.89. The number of fused-ring (bicyclic) bond motifs is 1. The largest absolute Gasteiger partial charge is 0.235 e. The molecule has 0 radical (unpaired) electrons. The Kier molecular flexibility index (Phi) is 3.71. The van der Waals surface area contributed by atoms with Crippen LogP contribution in [0.2, 0.25) is 5.02 Å². The van der Waals surface area contributed by atoms with Gasteiger partial charge < -0.3 is 0 Å². The van der Waals surface area contributed by atoms with Gasteiger partial charge in [-0.1, -0.05) is 34.1 Å². The van der Waals surface area contributed by atoms with Gasteiger partial charge in [-0.15, -0.1) is 0 Å². The molecule has 0 N–H and O–H groups in total. The highest BCUT2D eigenvalue weighted by Gasteiger charge is 2.11. The lowest BCUT2D eigenvalue weighted by Gasteiger charge is -1.99. The molecular weight excluding hydrogens is 409 g/mol. The summed E-state index contributed by atoms with van der Waals surface area (Å²) in [5, 5.41) is 6.17. The summed E-state index contributed by atoms with van der Waals surface area (Å²) in [6.45, 7) is 3.75. The summed E-state index contributed by atoms with van der Waals surface area (Å²) in [5.41, 5.74) is 1.85. The van der Waals surface area contributed by atoms with Crippen molar-refractivity contribution >= 4 is 72.9 Å². The number of rotatable bonds is 2. The van der Waals surface area contributed by atoms with E-state index in [-0.39, 0.29) is 0 Å². The zero-order valence-corrected chi connectivity index (χ0v) is 13.0. The van der Waals surface area contributed by atoms with Crippen LogP contribution in [-0.2, 0) is 0 Å². The molecule has 2 rings (SSSR count). The van der Waals surface area contributed by atoms with E-state index < -0.39 is 0 Å². The molecule has 0 fully saturated rings. The maximum absolute atomic E-state index is 6.19. The third-order valence-electron chi connectivity index (χ3n) is 2.00. The lowest BCUT2D eigenvalue weighted by atomic mass is 10.2. The van der Waals surface area contributed by atoms with Crippen molar-refractivity contribution in [3.8, 4) is 0 Å². The summed E-state index contributed by atoms with van der Waals surface area (Å²) >= 11 is 11.9. The molecule has 0 saturated carbocycles. The van der Waals surface area contributed by atoms with Crippen LogP contribution in [0.5, 0.6) is 0 Å². The number of nitrogens with zero attached hydrogens (tertiary/aromatic N) is 2. The fourth-order valence-corrected chi connectivity index (χ4v) is 3.88. The molecule has 0 amide bonds. The average Bonchev–Trinajstić information content (AvgIpc) is 2.55. The van der Waals surface area contributed by atoms with E-state index in [9.17, 15) is 0 Å². The van der Waals surface area contributed by atoms with Crippen molar-refractivity contribution in [2.45, 2.75) is 0 Å². The molecule has 1 atom stereocenters. The third kappa shape index (κ3) is 2.09. The maximum Gasteiger partial charge on any atom is 0.0928 e. The van der Waals surface area contributed by atoms with Gasteiger partial charge >= 0.3 is 0 Å². The molecule has 0 aliphatic heterocycles. The van der Waals surface area contributed by atoms with E-state index in [1.165, 1.54) is 0 Å². The molecule has 0 aliphatic rings. The Balaban J connectivity index is 2.91. The first-order chi connectivity index (χ1) is 7.17. The lowest BCUT2D eigenvalue weighted by molar-refractivity contribution is 1.03. The van der Waals surface area contributed by atoms with Crippen LogP contribution < -0.4 is 0 Å². The van der Waals surface area contributed by atoms with Crippen molar-refractivity contribution in [1.82, 2.24) is 9.55 Å². The summed E-state index contributed by atoms with van der Waals surface area (Å²) in [5.74, 6) is 0. The van der Waals surface area contributed by atoms with Gasteiger partial charge in [0.2, 0.25) is 0 Å². The highest BCUT2D eigenvalue weighted by atomic mass is 127. The van der Waals surface area contributed by atoms with Crippen molar-refractivity contribution in [3.63, 3.8) is 0 Å². The van der Waals surface area contributed by atoms with Crippen LogP contribution in [0.15, 0.2) is 23.2 Å². The van der Waals surface area contributed by atoms with Gasteiger partial charge in [-0.05, 0) is 40.2 Å². The quantitative estimate of drug-likeness (QED) is 0.505. The molecule has 1 aromatic heterocycles. The predicted octanol–water partition coefficient (Wildman–Crippen LogP) is 4.89. The van der Waals surface area contributed by atoms with E-state index in [0.29, 0.717) is 11.4 Å². The molecule has 1 aromatic carbocycles. The highest BCUT2D eigenvalue weighted by Crippen LogP contribution is 2.36. The van der Waals surface area contributed by atoms with E-state index in [0.717, 1.165) is 21.1 Å². The summed E-state index contributed by atoms with van der Waals surface area (Å²) in [6.07, 6.45) is 2.28. The van der Waals surface area contributed by atoms with Crippen molar-refractivity contribution in [2.24, 2.45) is 0 Å². The average molecular weight is 415 g/mol. The maximum atomic E-state index is 6.19. The zero-order chi connectivity index (χ0) is 11.0. The minimum atomic E-state index is 0.529. The predicted molar refractivity (Wildman–Crippen MR) is 80.3 cm³/mol. The van der Waals surface area contributed by atoms with Crippen LogP contribution >= 0.6 is 55.9 Å². The summed E-state index contributed by atoms with van der Waals surface area (Å²) in [4.78, 5) is 0. The molecule has 2 aromatic rings. The zero-order valence-electron chi connectivity index (χ0n) is 7.47. The normalized spacial score (nSPS) is 11.7. The Morgan fingerprint density at radius 2 is 2.33 bits per heavy atom. The van der Waals surface area contributed by atoms with Crippen LogP contribution in [0, 0.1) is 0 Å². The number of hydrogen-bond donors (Lipinski definition) is 0. The number of hydrogen-bond acceptors (Lipinski definition) is 1. The van der Waals surface area contributed by atoms with Crippen LogP contribution in [0.3, 0.4) is 0 Å². The number of benzene rings is 1. The van der Waals surface area contributed by atoms with Crippen molar-refractivity contribution in [3.05, 3.63) is 33.9 Å². The van der Waals surface area contributed by atoms with Gasteiger partial charge in [-0.3, -0.25) is 0 Å². The van der Waals surface area contributed by atoms with Gasteiger partial charge in [0.25, 0.3) is 0 Å². The first kappa shape index (κ1) is 11.8. The topological polar surface area (TPSA) is 17.8 Å². The monoisotopic (exact) mass is 414 g/mol. The van der Waals surface area contributed by atoms with E-state index in [2.05, 4.69) is 49.6 Å². The molecule has 15 heavy (non-hydrogen) atoms. The summed E-state index contributed by atoms with van der Waals surface area (Å²) < 4.78 is 2.86. The molecule has 1 heterocycles. The molecule has 0 bridgehead atoms. The van der Waals surface area contributed by atoms with Gasteiger partial charge in [0.15, 0.2) is 0 Å². The molecule has 6 heteroatoms. The van der Waals surface area contributed by atoms with Gasteiger partial charge in [-0.2, -0.15) is 5.10 Å². The Morgan fingerprint density at radius 1 is 1.60 bits per heavy atom. The minimum absolute atomic E-state index is 0.529. The van der Waals surface area contributed by atoms with Gasteiger partial charge in [0.1, 0.15) is 0 Å². The van der Waals surface area contributed by atoms with Gasteiger partial charge in [0.05, 0.1) is 22.6 Å². The smallest absolute Gasteiger partial charge is 0.0928 e. The molecule has 1 unspecified atom stereocenters. The Morgan fingerprint density at radius 3 is 2.93 bits per heavy atom. The summed E-state index contributed by atoms with van der Waals surface area (Å²) in [7, 11) is 0. The highest BCUT2D eigenvalue weighted by molar-refractivity contribution is 14.2. The van der Waals surface area contributed by atoms with Crippen molar-refractivity contribution < 1.29 is 0 Å². The van der Waals surface area contributed by atoms with Crippen LogP contribution in [0.25, 0.3) is 17.0 Å². The van der Waals surface area contributed by atoms with E-state index >= 15 is 0 Å². The van der Waals surface area contributed by atoms with E-state index in [1.807, 2.05) is 16.6 Å². The molecule has 2 nitrogen and oxygen atoms in total. The van der Waals surface area contributed by atoms with Crippen molar-refractivity contribution in [1.29, 1.82) is 0 Å². The third-order valence-corrected chi connectivity index (χ3v) is 4.60. The Labute approximate surface area is 116 Å². The van der Waals surface area contributed by atoms with Crippen LogP contribution in [0.1, 0.15) is 5.69 Å². The molecular formula is C9H6BrClIN2P. The second-order valence-corrected chi connectivity index (χ2v) is 6.23. The van der Waals surface area contributed by atoms with Crippen LogP contribution in [0.4, 0.5) is 0 Å². The lowest BCUT2D eigenvalue weighted by Crippen LogP contribution is -1.83. The minimum Gasteiger partial charge on any atom is -0.235 e. The molecule has 78 valence electrons. The van der Waals surface area contributed by atoms with Crippen LogP contribution in [-0.4, -0.2) is 9.55 Å². The number of halogens is 3. The standard InChI is InChI=1S/C9H6BrClIN2P/c1-2-8-6-3-5(10)4-7(11)9(6)14(13-8)15-12/h2-4,15H,1H2. The fraction of sp³-hybridized carbons (Fsp3) is 0. The van der Waals surface area contributed by atoms with E-state index in [1.54, 1.807) is 6.08 Å². The second-order valence-electron chi connectivity index (χ2n) is 2.87. The first-order valence-corrected chi connectivity index (χ1v) is 9.27.